The number of carbonyl (C=O) groups is 3. The Labute approximate surface area is 114 Å². The molecule has 2 N–H and O–H groups in total. The summed E-state index contributed by atoms with van der Waals surface area (Å²) < 4.78 is 0. The molecule has 3 amide bonds. The maximum absolute atomic E-state index is 11.8. The number of nitrogens with zero attached hydrogens (tertiary/aromatic N) is 1. The fraction of sp³-hybridized carbons (Fsp3) is 0.769. The molecule has 0 aliphatic heterocycles. The van der Waals surface area contributed by atoms with E-state index in [1.54, 1.807) is 4.90 Å². The molecule has 0 aromatic rings. The number of unbranched alkanes of at least 4 members (excludes halogenated alkanes) is 1. The fourth-order valence-electron chi connectivity index (χ4n) is 1.62. The Morgan fingerprint density at radius 3 is 2.21 bits per heavy atom. The molecule has 0 rings (SSSR count). The van der Waals surface area contributed by atoms with Crippen molar-refractivity contribution >= 4 is 17.9 Å². The van der Waals surface area contributed by atoms with Crippen LogP contribution >= 0.6 is 0 Å². The molecular weight excluding hydrogens is 248 g/mol. The Hall–Kier alpha value is -1.59. The normalized spacial score (nSPS) is 10.3. The summed E-state index contributed by atoms with van der Waals surface area (Å²) in [6, 6.07) is -0.376. The molecule has 0 aromatic carbocycles. The molecule has 0 heterocycles. The lowest BCUT2D eigenvalue weighted by molar-refractivity contribution is -0.137. The Kier molecular flexibility index (Phi) is 8.57. The van der Waals surface area contributed by atoms with Crippen LogP contribution in [0.3, 0.4) is 0 Å². The molecule has 19 heavy (non-hydrogen) atoms. The second-order valence-corrected chi connectivity index (χ2v) is 4.89. The van der Waals surface area contributed by atoms with Crippen molar-refractivity contribution in [2.45, 2.75) is 46.5 Å². The fourth-order valence-corrected chi connectivity index (χ4v) is 1.62. The van der Waals surface area contributed by atoms with Crippen LogP contribution in [-0.2, 0) is 9.59 Å². The van der Waals surface area contributed by atoms with Gasteiger partial charge in [-0.3, -0.25) is 14.9 Å². The molecule has 0 aliphatic rings. The van der Waals surface area contributed by atoms with E-state index in [1.165, 1.54) is 0 Å². The summed E-state index contributed by atoms with van der Waals surface area (Å²) in [6.07, 6.45) is 1.15. The number of aliphatic carboxylic acids is 1. The van der Waals surface area contributed by atoms with Crippen molar-refractivity contribution in [2.75, 3.05) is 13.1 Å². The predicted octanol–water partition coefficient (Wildman–Crippen LogP) is 1.85. The highest BCUT2D eigenvalue weighted by Gasteiger charge is 2.15. The predicted molar refractivity (Wildman–Crippen MR) is 71.7 cm³/mol. The first-order valence-electron chi connectivity index (χ1n) is 6.67. The van der Waals surface area contributed by atoms with Crippen molar-refractivity contribution in [1.82, 2.24) is 10.2 Å². The SMILES string of the molecule is CCN(CC(C)C)C(=O)NC(=O)CCCCC(=O)O. The lowest BCUT2D eigenvalue weighted by Crippen LogP contribution is -2.44. The zero-order valence-electron chi connectivity index (χ0n) is 11.9. The van der Waals surface area contributed by atoms with E-state index in [0.29, 0.717) is 31.8 Å². The molecule has 110 valence electrons. The Morgan fingerprint density at radius 1 is 1.16 bits per heavy atom. The van der Waals surface area contributed by atoms with Crippen LogP contribution in [0.15, 0.2) is 0 Å². The Balaban J connectivity index is 3.96. The van der Waals surface area contributed by atoms with Gasteiger partial charge in [0.25, 0.3) is 0 Å². The molecule has 0 saturated carbocycles. The molecular formula is C13H24N2O4. The third-order valence-electron chi connectivity index (χ3n) is 2.55. The van der Waals surface area contributed by atoms with E-state index >= 15 is 0 Å². The second kappa shape index (κ2) is 9.35. The number of carboxylic acid groups (broad SMARTS) is 1. The maximum Gasteiger partial charge on any atom is 0.324 e. The van der Waals surface area contributed by atoms with Crippen LogP contribution in [0.5, 0.6) is 0 Å². The quantitative estimate of drug-likeness (QED) is 0.660. The van der Waals surface area contributed by atoms with Gasteiger partial charge in [0.1, 0.15) is 0 Å². The number of rotatable bonds is 8. The highest BCUT2D eigenvalue weighted by molar-refractivity contribution is 5.94. The first kappa shape index (κ1) is 17.4. The van der Waals surface area contributed by atoms with Crippen LogP contribution in [0.25, 0.3) is 0 Å². The van der Waals surface area contributed by atoms with Gasteiger partial charge in [-0.2, -0.15) is 0 Å². The van der Waals surface area contributed by atoms with Gasteiger partial charge in [-0.1, -0.05) is 13.8 Å². The highest BCUT2D eigenvalue weighted by Crippen LogP contribution is 2.02. The van der Waals surface area contributed by atoms with E-state index in [2.05, 4.69) is 5.32 Å². The number of amides is 3. The van der Waals surface area contributed by atoms with E-state index in [-0.39, 0.29) is 24.8 Å². The third-order valence-corrected chi connectivity index (χ3v) is 2.55. The first-order chi connectivity index (χ1) is 8.86. The molecule has 0 spiro atoms. The Bertz CT molecular complexity index is 316. The van der Waals surface area contributed by atoms with Crippen molar-refractivity contribution in [3.05, 3.63) is 0 Å². The maximum atomic E-state index is 11.8. The lowest BCUT2D eigenvalue weighted by Gasteiger charge is -2.22. The van der Waals surface area contributed by atoms with Gasteiger partial charge in [0.15, 0.2) is 0 Å². The number of nitrogens with one attached hydrogen (secondary N) is 1. The van der Waals surface area contributed by atoms with Gasteiger partial charge in [0.05, 0.1) is 0 Å². The minimum Gasteiger partial charge on any atom is -0.481 e. The summed E-state index contributed by atoms with van der Waals surface area (Å²) >= 11 is 0. The summed E-state index contributed by atoms with van der Waals surface area (Å²) in [4.78, 5) is 35.1. The summed E-state index contributed by atoms with van der Waals surface area (Å²) in [5.41, 5.74) is 0. The van der Waals surface area contributed by atoms with Crippen molar-refractivity contribution < 1.29 is 19.5 Å². The highest BCUT2D eigenvalue weighted by atomic mass is 16.4. The number of carbonyl (C=O) groups excluding carboxylic acids is 2. The summed E-state index contributed by atoms with van der Waals surface area (Å²) in [7, 11) is 0. The number of carboxylic acids is 1. The second-order valence-electron chi connectivity index (χ2n) is 4.89. The topological polar surface area (TPSA) is 86.7 Å². The van der Waals surface area contributed by atoms with Gasteiger partial charge in [-0.05, 0) is 25.7 Å². The summed E-state index contributed by atoms with van der Waals surface area (Å²) in [5.74, 6) is -0.875. The zero-order chi connectivity index (χ0) is 14.8. The average molecular weight is 272 g/mol. The standard InChI is InChI=1S/C13H24N2O4/c1-4-15(9-10(2)3)13(19)14-11(16)7-5-6-8-12(17)18/h10H,4-9H2,1-3H3,(H,17,18)(H,14,16,19). The van der Waals surface area contributed by atoms with Gasteiger partial charge in [0.2, 0.25) is 5.91 Å². The van der Waals surface area contributed by atoms with E-state index in [4.69, 9.17) is 5.11 Å². The van der Waals surface area contributed by atoms with Crippen LogP contribution < -0.4 is 5.32 Å². The molecule has 0 bridgehead atoms. The first-order valence-corrected chi connectivity index (χ1v) is 6.67. The van der Waals surface area contributed by atoms with E-state index in [0.717, 1.165) is 0 Å². The molecule has 0 unspecified atom stereocenters. The molecule has 0 saturated heterocycles. The summed E-state index contributed by atoms with van der Waals surface area (Å²) in [5, 5.41) is 10.8. The molecule has 0 radical (unpaired) electrons. The lowest BCUT2D eigenvalue weighted by atomic mass is 10.2. The van der Waals surface area contributed by atoms with Gasteiger partial charge < -0.3 is 10.0 Å². The summed E-state index contributed by atoms with van der Waals surface area (Å²) in [6.45, 7) is 7.03. The minimum atomic E-state index is -0.870. The number of urea groups is 1. The van der Waals surface area contributed by atoms with Gasteiger partial charge in [0, 0.05) is 25.9 Å². The molecule has 0 fully saturated rings. The number of imide groups is 1. The van der Waals surface area contributed by atoms with Gasteiger partial charge in [-0.15, -0.1) is 0 Å². The van der Waals surface area contributed by atoms with Crippen LogP contribution in [0.4, 0.5) is 4.79 Å². The third kappa shape index (κ3) is 9.04. The van der Waals surface area contributed by atoms with Crippen molar-refractivity contribution in [1.29, 1.82) is 0 Å². The average Bonchev–Trinajstić information content (AvgIpc) is 2.31. The van der Waals surface area contributed by atoms with Crippen LogP contribution in [-0.4, -0.2) is 41.0 Å². The largest absolute Gasteiger partial charge is 0.481 e. The molecule has 6 heteroatoms. The van der Waals surface area contributed by atoms with Gasteiger partial charge in [-0.25, -0.2) is 4.79 Å². The van der Waals surface area contributed by atoms with Crippen LogP contribution in [0, 0.1) is 5.92 Å². The zero-order valence-corrected chi connectivity index (χ0v) is 11.9. The molecule has 0 aliphatic carbocycles. The number of hydrogen-bond acceptors (Lipinski definition) is 3. The van der Waals surface area contributed by atoms with Crippen molar-refractivity contribution in [3.63, 3.8) is 0 Å². The van der Waals surface area contributed by atoms with Gasteiger partial charge >= 0.3 is 12.0 Å². The minimum absolute atomic E-state index is 0.0513. The Morgan fingerprint density at radius 2 is 1.74 bits per heavy atom. The van der Waals surface area contributed by atoms with E-state index in [1.807, 2.05) is 20.8 Å². The monoisotopic (exact) mass is 272 g/mol. The smallest absolute Gasteiger partial charge is 0.324 e. The van der Waals surface area contributed by atoms with Crippen molar-refractivity contribution in [2.24, 2.45) is 5.92 Å². The molecule has 0 atom stereocenters. The van der Waals surface area contributed by atoms with Crippen LogP contribution in [0.2, 0.25) is 0 Å². The number of hydrogen-bond donors (Lipinski definition) is 2. The molecule has 6 nitrogen and oxygen atoms in total. The van der Waals surface area contributed by atoms with E-state index in [9.17, 15) is 14.4 Å². The van der Waals surface area contributed by atoms with Crippen molar-refractivity contribution in [3.8, 4) is 0 Å². The van der Waals surface area contributed by atoms with E-state index < -0.39 is 5.97 Å². The molecule has 0 aromatic heterocycles. The van der Waals surface area contributed by atoms with Crippen LogP contribution in [0.1, 0.15) is 46.5 Å².